The minimum atomic E-state index is -0.369. The third-order valence-electron chi connectivity index (χ3n) is 4.80. The number of benzene rings is 1. The Morgan fingerprint density at radius 1 is 1.20 bits per heavy atom. The predicted molar refractivity (Wildman–Crippen MR) is 95.6 cm³/mol. The van der Waals surface area contributed by atoms with Gasteiger partial charge in [0.1, 0.15) is 0 Å². The van der Waals surface area contributed by atoms with Crippen LogP contribution in [0.4, 0.5) is 0 Å². The number of nitrogens with two attached hydrogens (primary N) is 1. The van der Waals surface area contributed by atoms with Gasteiger partial charge in [0.2, 0.25) is 17.7 Å². The van der Waals surface area contributed by atoms with Crippen molar-refractivity contribution in [3.63, 3.8) is 0 Å². The van der Waals surface area contributed by atoms with Crippen molar-refractivity contribution in [2.24, 2.45) is 11.7 Å². The fourth-order valence-electron chi connectivity index (χ4n) is 3.06. The summed E-state index contributed by atoms with van der Waals surface area (Å²) in [5, 5.41) is 2.68. The summed E-state index contributed by atoms with van der Waals surface area (Å²) in [6.07, 6.45) is 2.45. The number of rotatable bonds is 6. The van der Waals surface area contributed by atoms with E-state index < -0.39 is 0 Å². The van der Waals surface area contributed by atoms with E-state index in [1.54, 1.807) is 4.90 Å². The van der Waals surface area contributed by atoms with Gasteiger partial charge >= 0.3 is 0 Å². The number of nitrogens with one attached hydrogen (secondary N) is 1. The molecule has 3 N–H and O–H groups in total. The maximum atomic E-state index is 12.4. The highest BCUT2D eigenvalue weighted by Crippen LogP contribution is 2.21. The van der Waals surface area contributed by atoms with E-state index in [0.717, 1.165) is 12.0 Å². The first-order valence-corrected chi connectivity index (χ1v) is 8.78. The molecule has 1 saturated heterocycles. The molecule has 1 aliphatic rings. The highest BCUT2D eigenvalue weighted by molar-refractivity contribution is 5.85. The molecule has 3 amide bonds. The highest BCUT2D eigenvalue weighted by atomic mass is 16.2. The van der Waals surface area contributed by atoms with Crippen molar-refractivity contribution in [1.82, 2.24) is 10.2 Å². The van der Waals surface area contributed by atoms with E-state index in [4.69, 9.17) is 5.73 Å². The first-order valence-electron chi connectivity index (χ1n) is 8.78. The third-order valence-corrected chi connectivity index (χ3v) is 4.80. The molecule has 0 spiro atoms. The quantitative estimate of drug-likeness (QED) is 0.810. The number of aryl methyl sites for hydroxylation is 2. The molecule has 0 bridgehead atoms. The number of hydrogen-bond donors (Lipinski definition) is 2. The van der Waals surface area contributed by atoms with Crippen molar-refractivity contribution in [1.29, 1.82) is 0 Å². The average Bonchev–Trinajstić information content (AvgIpc) is 2.59. The predicted octanol–water partition coefficient (Wildman–Crippen LogP) is 1.16. The minimum absolute atomic E-state index is 0.0391. The van der Waals surface area contributed by atoms with E-state index in [1.165, 1.54) is 5.56 Å². The Morgan fingerprint density at radius 3 is 2.52 bits per heavy atom. The van der Waals surface area contributed by atoms with Gasteiger partial charge in [0.25, 0.3) is 0 Å². The topological polar surface area (TPSA) is 92.5 Å². The molecule has 0 radical (unpaired) electrons. The fraction of sp³-hybridized carbons (Fsp3) is 0.526. The van der Waals surface area contributed by atoms with Crippen LogP contribution in [0.15, 0.2) is 24.3 Å². The zero-order chi connectivity index (χ0) is 18.4. The first kappa shape index (κ1) is 19.0. The van der Waals surface area contributed by atoms with E-state index >= 15 is 0 Å². The molecule has 25 heavy (non-hydrogen) atoms. The van der Waals surface area contributed by atoms with Crippen LogP contribution in [0.2, 0.25) is 0 Å². The molecule has 1 aliphatic heterocycles. The van der Waals surface area contributed by atoms with Crippen LogP contribution < -0.4 is 11.1 Å². The van der Waals surface area contributed by atoms with Crippen LogP contribution in [0.5, 0.6) is 0 Å². The smallest absolute Gasteiger partial charge is 0.242 e. The maximum Gasteiger partial charge on any atom is 0.242 e. The molecule has 1 heterocycles. The molecular weight excluding hydrogens is 318 g/mol. The van der Waals surface area contributed by atoms with Gasteiger partial charge < -0.3 is 16.0 Å². The average molecular weight is 345 g/mol. The van der Waals surface area contributed by atoms with Gasteiger partial charge in [-0.05, 0) is 38.7 Å². The molecule has 1 fully saturated rings. The van der Waals surface area contributed by atoms with Gasteiger partial charge in [-0.3, -0.25) is 14.4 Å². The van der Waals surface area contributed by atoms with Gasteiger partial charge in [0, 0.05) is 19.0 Å². The molecular formula is C19H27N3O3. The summed E-state index contributed by atoms with van der Waals surface area (Å²) in [6, 6.07) is 8.11. The van der Waals surface area contributed by atoms with E-state index in [1.807, 2.05) is 38.1 Å². The van der Waals surface area contributed by atoms with Crippen LogP contribution in [-0.4, -0.2) is 41.8 Å². The van der Waals surface area contributed by atoms with Crippen molar-refractivity contribution in [2.45, 2.75) is 45.6 Å². The summed E-state index contributed by atoms with van der Waals surface area (Å²) in [5.41, 5.74) is 7.64. The third kappa shape index (κ3) is 5.59. The van der Waals surface area contributed by atoms with Crippen molar-refractivity contribution < 1.29 is 14.4 Å². The Bertz CT molecular complexity index is 627. The Hall–Kier alpha value is -2.37. The van der Waals surface area contributed by atoms with Gasteiger partial charge in [-0.2, -0.15) is 0 Å². The van der Waals surface area contributed by atoms with E-state index in [9.17, 15) is 14.4 Å². The standard InChI is InChI=1S/C19H27N3O3/c1-13-3-6-15(7-4-13)8-10-17(23)21-11-18(24)22-12-16(19(20)25)9-5-14(22)2/h3-4,6-7,14,16H,5,8-12H2,1-2H3,(H2,20,25)(H,21,23)/t14-,16+/m1/s1. The lowest BCUT2D eigenvalue weighted by atomic mass is 9.93. The minimum Gasteiger partial charge on any atom is -0.369 e. The maximum absolute atomic E-state index is 12.4. The van der Waals surface area contributed by atoms with Gasteiger partial charge in [0.15, 0.2) is 0 Å². The number of hydrogen-bond acceptors (Lipinski definition) is 3. The van der Waals surface area contributed by atoms with Gasteiger partial charge in [-0.15, -0.1) is 0 Å². The Morgan fingerprint density at radius 2 is 1.88 bits per heavy atom. The number of primary amides is 1. The molecule has 6 nitrogen and oxygen atoms in total. The zero-order valence-electron chi connectivity index (χ0n) is 15.0. The van der Waals surface area contributed by atoms with Crippen LogP contribution in [-0.2, 0) is 20.8 Å². The van der Waals surface area contributed by atoms with Crippen molar-refractivity contribution in [3.8, 4) is 0 Å². The second-order valence-corrected chi connectivity index (χ2v) is 6.83. The highest BCUT2D eigenvalue weighted by Gasteiger charge is 2.31. The first-order chi connectivity index (χ1) is 11.9. The van der Waals surface area contributed by atoms with Gasteiger partial charge in [-0.1, -0.05) is 29.8 Å². The number of nitrogens with zero attached hydrogens (tertiary/aromatic N) is 1. The monoisotopic (exact) mass is 345 g/mol. The molecule has 6 heteroatoms. The molecule has 2 rings (SSSR count). The van der Waals surface area contributed by atoms with E-state index in [-0.39, 0.29) is 36.2 Å². The molecule has 0 unspecified atom stereocenters. The number of likely N-dealkylation sites (tertiary alicyclic amines) is 1. The SMILES string of the molecule is Cc1ccc(CCC(=O)NCC(=O)N2C[C@@H](C(N)=O)CC[C@H]2C)cc1. The molecule has 1 aromatic carbocycles. The summed E-state index contributed by atoms with van der Waals surface area (Å²) in [4.78, 5) is 37.3. The number of carbonyl (C=O) groups is 3. The van der Waals surface area contributed by atoms with E-state index in [0.29, 0.717) is 25.8 Å². The lowest BCUT2D eigenvalue weighted by Gasteiger charge is -2.37. The van der Waals surface area contributed by atoms with Crippen LogP contribution in [0.25, 0.3) is 0 Å². The Labute approximate surface area is 148 Å². The second kappa shape index (κ2) is 8.65. The number of amides is 3. The summed E-state index contributed by atoms with van der Waals surface area (Å²) in [5.74, 6) is -0.976. The summed E-state index contributed by atoms with van der Waals surface area (Å²) in [7, 11) is 0. The number of carbonyl (C=O) groups excluding carboxylic acids is 3. The van der Waals surface area contributed by atoms with E-state index in [2.05, 4.69) is 5.32 Å². The molecule has 0 aliphatic carbocycles. The summed E-state index contributed by atoms with van der Waals surface area (Å²) < 4.78 is 0. The molecule has 1 aromatic rings. The Balaban J connectivity index is 1.77. The fourth-order valence-corrected chi connectivity index (χ4v) is 3.06. The van der Waals surface area contributed by atoms with Crippen molar-refractivity contribution in [3.05, 3.63) is 35.4 Å². The normalized spacial score (nSPS) is 20.2. The lowest BCUT2D eigenvalue weighted by Crippen LogP contribution is -2.51. The van der Waals surface area contributed by atoms with Crippen molar-refractivity contribution in [2.75, 3.05) is 13.1 Å². The van der Waals surface area contributed by atoms with Crippen LogP contribution >= 0.6 is 0 Å². The summed E-state index contributed by atoms with van der Waals surface area (Å²) >= 11 is 0. The lowest BCUT2D eigenvalue weighted by molar-refractivity contribution is -0.138. The zero-order valence-corrected chi connectivity index (χ0v) is 15.0. The van der Waals surface area contributed by atoms with Gasteiger partial charge in [-0.25, -0.2) is 0 Å². The molecule has 2 atom stereocenters. The van der Waals surface area contributed by atoms with Crippen LogP contribution in [0, 0.1) is 12.8 Å². The molecule has 136 valence electrons. The van der Waals surface area contributed by atoms with Gasteiger partial charge in [0.05, 0.1) is 12.5 Å². The van der Waals surface area contributed by atoms with Crippen LogP contribution in [0.3, 0.4) is 0 Å². The number of piperidine rings is 1. The molecule has 0 saturated carbocycles. The van der Waals surface area contributed by atoms with Crippen molar-refractivity contribution >= 4 is 17.7 Å². The largest absolute Gasteiger partial charge is 0.369 e. The molecule has 0 aromatic heterocycles. The summed E-state index contributed by atoms with van der Waals surface area (Å²) in [6.45, 7) is 4.28. The van der Waals surface area contributed by atoms with Crippen LogP contribution in [0.1, 0.15) is 37.3 Å². The second-order valence-electron chi connectivity index (χ2n) is 6.83. The Kier molecular flexibility index (Phi) is 6.56.